The van der Waals surface area contributed by atoms with Gasteiger partial charge in [-0.25, -0.2) is 0 Å². The van der Waals surface area contributed by atoms with Crippen molar-refractivity contribution in [3.8, 4) is 0 Å². The molecule has 23 heavy (non-hydrogen) atoms. The Labute approximate surface area is 139 Å². The van der Waals surface area contributed by atoms with Crippen molar-refractivity contribution in [1.82, 2.24) is 15.2 Å². The lowest BCUT2D eigenvalue weighted by Crippen LogP contribution is -2.45. The van der Waals surface area contributed by atoms with E-state index in [0.29, 0.717) is 19.4 Å². The van der Waals surface area contributed by atoms with Crippen LogP contribution in [0.5, 0.6) is 0 Å². The molecule has 0 unspecified atom stereocenters. The normalized spacial score (nSPS) is 21.3. The predicted molar refractivity (Wildman–Crippen MR) is 88.6 cm³/mol. The van der Waals surface area contributed by atoms with Crippen LogP contribution >= 0.6 is 11.3 Å². The smallest absolute Gasteiger partial charge is 0.225 e. The minimum Gasteiger partial charge on any atom is -0.352 e. The number of hydrogen-bond acceptors (Lipinski definition) is 4. The second kappa shape index (κ2) is 6.91. The molecule has 0 bridgehead atoms. The lowest BCUT2D eigenvalue weighted by Gasteiger charge is -2.37. The molecule has 1 N–H and O–H groups in total. The molecule has 5 nitrogen and oxygen atoms in total. The molecular weight excluding hydrogens is 310 g/mol. The number of piperidine rings is 1. The molecule has 1 aliphatic heterocycles. The fourth-order valence-electron chi connectivity index (χ4n) is 2.98. The first kappa shape index (κ1) is 15.7. The molecule has 0 radical (unpaired) electrons. The van der Waals surface area contributed by atoms with Crippen LogP contribution in [-0.4, -0.2) is 28.7 Å². The summed E-state index contributed by atoms with van der Waals surface area (Å²) in [5.41, 5.74) is 0.966. The zero-order valence-electron chi connectivity index (χ0n) is 12.9. The van der Waals surface area contributed by atoms with Crippen LogP contribution in [0.4, 0.5) is 0 Å². The number of thiophene rings is 1. The van der Waals surface area contributed by atoms with Gasteiger partial charge in [0.2, 0.25) is 11.8 Å². The van der Waals surface area contributed by atoms with Crippen LogP contribution in [0.3, 0.4) is 0 Å². The third-order valence-electron chi connectivity index (χ3n) is 4.22. The summed E-state index contributed by atoms with van der Waals surface area (Å²) in [6.45, 7) is 0.456. The Bertz CT molecular complexity index is 672. The first-order valence-corrected chi connectivity index (χ1v) is 8.50. The van der Waals surface area contributed by atoms with E-state index in [0.717, 1.165) is 10.4 Å². The lowest BCUT2D eigenvalue weighted by molar-refractivity contribution is -0.141. The number of nitrogens with one attached hydrogen (secondary N) is 1. The first-order chi connectivity index (χ1) is 11.2. The van der Waals surface area contributed by atoms with Crippen LogP contribution < -0.4 is 5.32 Å². The van der Waals surface area contributed by atoms with Crippen LogP contribution in [0.1, 0.15) is 29.3 Å². The van der Waals surface area contributed by atoms with Crippen molar-refractivity contribution in [2.75, 3.05) is 7.05 Å². The quantitative estimate of drug-likeness (QED) is 0.937. The number of carbonyl (C=O) groups is 2. The monoisotopic (exact) mass is 329 g/mol. The Hall–Kier alpha value is -2.21. The largest absolute Gasteiger partial charge is 0.352 e. The van der Waals surface area contributed by atoms with Gasteiger partial charge in [-0.15, -0.1) is 11.3 Å². The summed E-state index contributed by atoms with van der Waals surface area (Å²) in [5.74, 6) is -0.126. The summed E-state index contributed by atoms with van der Waals surface area (Å²) in [5, 5.41) is 4.96. The van der Waals surface area contributed by atoms with Crippen LogP contribution in [0, 0.1) is 5.92 Å². The number of aromatic nitrogens is 1. The summed E-state index contributed by atoms with van der Waals surface area (Å²) >= 11 is 1.59. The van der Waals surface area contributed by atoms with E-state index < -0.39 is 0 Å². The van der Waals surface area contributed by atoms with Gasteiger partial charge in [0, 0.05) is 37.3 Å². The van der Waals surface area contributed by atoms with E-state index in [9.17, 15) is 9.59 Å². The van der Waals surface area contributed by atoms with E-state index in [1.165, 1.54) is 0 Å². The van der Waals surface area contributed by atoms with Gasteiger partial charge in [-0.05, 0) is 29.5 Å². The summed E-state index contributed by atoms with van der Waals surface area (Å²) in [4.78, 5) is 31.5. The van der Waals surface area contributed by atoms with E-state index >= 15 is 0 Å². The molecule has 2 amide bonds. The molecule has 0 spiro atoms. The van der Waals surface area contributed by atoms with Gasteiger partial charge in [0.1, 0.15) is 0 Å². The molecular formula is C17H19N3O2S. The zero-order chi connectivity index (χ0) is 16.2. The van der Waals surface area contributed by atoms with E-state index in [1.807, 2.05) is 29.6 Å². The number of rotatable bonds is 4. The number of amides is 2. The molecule has 1 saturated heterocycles. The van der Waals surface area contributed by atoms with Crippen molar-refractivity contribution in [3.05, 3.63) is 52.5 Å². The second-order valence-corrected chi connectivity index (χ2v) is 6.67. The Morgan fingerprint density at radius 3 is 3.00 bits per heavy atom. The third-order valence-corrected chi connectivity index (χ3v) is 5.16. The summed E-state index contributed by atoms with van der Waals surface area (Å²) in [6.07, 6.45) is 4.46. The van der Waals surface area contributed by atoms with Crippen LogP contribution in [0.2, 0.25) is 0 Å². The summed E-state index contributed by atoms with van der Waals surface area (Å²) in [6, 6.07) is 7.55. The Balaban J connectivity index is 1.73. The minimum atomic E-state index is -0.215. The minimum absolute atomic E-state index is 0.00777. The van der Waals surface area contributed by atoms with Crippen molar-refractivity contribution < 1.29 is 9.59 Å². The topological polar surface area (TPSA) is 62.3 Å². The molecule has 1 aliphatic rings. The standard InChI is InChI=1S/C17H19N3O2S/c1-20-15(21)7-6-13(16(20)14-5-3-9-23-14)17(22)19-11-12-4-2-8-18-10-12/h2-5,8-10,13,16H,6-7,11H2,1H3,(H,19,22)/t13-,16+/m1/s1. The predicted octanol–water partition coefficient (Wildman–Crippen LogP) is 2.37. The van der Waals surface area contributed by atoms with Gasteiger partial charge in [0.15, 0.2) is 0 Å². The molecule has 2 aromatic rings. The number of pyridine rings is 1. The fraction of sp³-hybridized carbons (Fsp3) is 0.353. The molecule has 3 rings (SSSR count). The maximum Gasteiger partial charge on any atom is 0.225 e. The SMILES string of the molecule is CN1C(=O)CC[C@@H](C(=O)NCc2cccnc2)[C@H]1c1cccs1. The average molecular weight is 329 g/mol. The second-order valence-electron chi connectivity index (χ2n) is 5.69. The molecule has 0 aliphatic carbocycles. The maximum absolute atomic E-state index is 12.7. The van der Waals surface area contributed by atoms with Crippen molar-refractivity contribution in [2.24, 2.45) is 5.92 Å². The van der Waals surface area contributed by atoms with Crippen molar-refractivity contribution in [3.63, 3.8) is 0 Å². The first-order valence-electron chi connectivity index (χ1n) is 7.62. The highest BCUT2D eigenvalue weighted by molar-refractivity contribution is 7.10. The summed E-state index contributed by atoms with van der Waals surface area (Å²) < 4.78 is 0. The van der Waals surface area contributed by atoms with E-state index in [1.54, 1.807) is 35.7 Å². The van der Waals surface area contributed by atoms with Gasteiger partial charge >= 0.3 is 0 Å². The average Bonchev–Trinajstić information content (AvgIpc) is 3.10. The van der Waals surface area contributed by atoms with Gasteiger partial charge in [-0.1, -0.05) is 12.1 Å². The highest BCUT2D eigenvalue weighted by Gasteiger charge is 2.39. The van der Waals surface area contributed by atoms with Crippen LogP contribution in [-0.2, 0) is 16.1 Å². The zero-order valence-corrected chi connectivity index (χ0v) is 13.8. The fourth-order valence-corrected chi connectivity index (χ4v) is 3.92. The van der Waals surface area contributed by atoms with E-state index in [2.05, 4.69) is 10.3 Å². The molecule has 6 heteroatoms. The van der Waals surface area contributed by atoms with Crippen LogP contribution in [0.25, 0.3) is 0 Å². The van der Waals surface area contributed by atoms with Crippen molar-refractivity contribution >= 4 is 23.2 Å². The molecule has 1 fully saturated rings. The molecule has 0 saturated carbocycles. The maximum atomic E-state index is 12.7. The van der Waals surface area contributed by atoms with E-state index in [4.69, 9.17) is 0 Å². The Morgan fingerprint density at radius 2 is 2.30 bits per heavy atom. The number of nitrogens with zero attached hydrogens (tertiary/aromatic N) is 2. The molecule has 2 atom stereocenters. The third kappa shape index (κ3) is 3.42. The van der Waals surface area contributed by atoms with Gasteiger partial charge < -0.3 is 10.2 Å². The molecule has 3 heterocycles. The summed E-state index contributed by atoms with van der Waals surface area (Å²) in [7, 11) is 1.78. The van der Waals surface area contributed by atoms with Crippen LogP contribution in [0.15, 0.2) is 42.0 Å². The Kier molecular flexibility index (Phi) is 4.71. The highest BCUT2D eigenvalue weighted by Crippen LogP contribution is 2.37. The van der Waals surface area contributed by atoms with Gasteiger partial charge in [0.25, 0.3) is 0 Å². The number of likely N-dealkylation sites (tertiary alicyclic amines) is 1. The molecule has 2 aromatic heterocycles. The molecule has 120 valence electrons. The van der Waals surface area contributed by atoms with Gasteiger partial charge in [-0.2, -0.15) is 0 Å². The number of carbonyl (C=O) groups excluding carboxylic acids is 2. The van der Waals surface area contributed by atoms with Crippen molar-refractivity contribution in [2.45, 2.75) is 25.4 Å². The van der Waals surface area contributed by atoms with Crippen molar-refractivity contribution in [1.29, 1.82) is 0 Å². The Morgan fingerprint density at radius 1 is 1.43 bits per heavy atom. The lowest BCUT2D eigenvalue weighted by atomic mass is 9.87. The number of hydrogen-bond donors (Lipinski definition) is 1. The highest BCUT2D eigenvalue weighted by atomic mass is 32.1. The molecule has 0 aromatic carbocycles. The van der Waals surface area contributed by atoms with E-state index in [-0.39, 0.29) is 23.8 Å². The van der Waals surface area contributed by atoms with Gasteiger partial charge in [0.05, 0.1) is 12.0 Å². The van der Waals surface area contributed by atoms with Gasteiger partial charge in [-0.3, -0.25) is 14.6 Å².